The summed E-state index contributed by atoms with van der Waals surface area (Å²) < 4.78 is 13.0. The van der Waals surface area contributed by atoms with Crippen LogP contribution in [0, 0.1) is 17.7 Å². The molecule has 0 saturated carbocycles. The third-order valence-corrected chi connectivity index (χ3v) is 5.12. The van der Waals surface area contributed by atoms with E-state index in [0.717, 1.165) is 32.4 Å². The Morgan fingerprint density at radius 3 is 2.38 bits per heavy atom. The molecule has 0 N–H and O–H groups in total. The lowest BCUT2D eigenvalue weighted by atomic mass is 9.93. The molecule has 0 aromatic heterocycles. The van der Waals surface area contributed by atoms with Crippen molar-refractivity contribution >= 4 is 11.8 Å². The lowest BCUT2D eigenvalue weighted by molar-refractivity contribution is -0.138. The van der Waals surface area contributed by atoms with Gasteiger partial charge in [-0.2, -0.15) is 0 Å². The number of rotatable bonds is 2. The van der Waals surface area contributed by atoms with Crippen molar-refractivity contribution in [3.63, 3.8) is 0 Å². The number of nitrogens with zero attached hydrogens (tertiary/aromatic N) is 2. The van der Waals surface area contributed by atoms with E-state index < -0.39 is 0 Å². The zero-order chi connectivity index (χ0) is 17.1. The van der Waals surface area contributed by atoms with Gasteiger partial charge in [0.1, 0.15) is 5.82 Å². The number of carbonyl (C=O) groups is 2. The van der Waals surface area contributed by atoms with Crippen LogP contribution in [-0.4, -0.2) is 47.8 Å². The molecule has 2 aliphatic rings. The van der Waals surface area contributed by atoms with Crippen molar-refractivity contribution in [2.24, 2.45) is 11.8 Å². The quantitative estimate of drug-likeness (QED) is 0.835. The summed E-state index contributed by atoms with van der Waals surface area (Å²) in [6.45, 7) is 4.99. The van der Waals surface area contributed by atoms with E-state index in [1.54, 1.807) is 4.90 Å². The van der Waals surface area contributed by atoms with Crippen LogP contribution in [0.15, 0.2) is 24.3 Å². The highest BCUT2D eigenvalue weighted by Crippen LogP contribution is 2.24. The molecule has 2 atom stereocenters. The molecule has 3 rings (SSSR count). The van der Waals surface area contributed by atoms with Gasteiger partial charge in [0, 0.05) is 31.7 Å². The van der Waals surface area contributed by atoms with Crippen molar-refractivity contribution < 1.29 is 14.0 Å². The fourth-order valence-electron chi connectivity index (χ4n) is 3.79. The van der Waals surface area contributed by atoms with E-state index in [2.05, 4.69) is 6.92 Å². The van der Waals surface area contributed by atoms with E-state index in [0.29, 0.717) is 24.6 Å². The molecular formula is C19H25FN2O2. The fraction of sp³-hybridized carbons (Fsp3) is 0.579. The summed E-state index contributed by atoms with van der Waals surface area (Å²) in [7, 11) is 0. The van der Waals surface area contributed by atoms with E-state index in [9.17, 15) is 14.0 Å². The predicted molar refractivity (Wildman–Crippen MR) is 90.0 cm³/mol. The van der Waals surface area contributed by atoms with Gasteiger partial charge in [0.2, 0.25) is 5.91 Å². The van der Waals surface area contributed by atoms with Gasteiger partial charge in [-0.05, 0) is 55.9 Å². The Morgan fingerprint density at radius 2 is 1.67 bits per heavy atom. The van der Waals surface area contributed by atoms with Crippen molar-refractivity contribution in [3.8, 4) is 0 Å². The Morgan fingerprint density at radius 1 is 1.00 bits per heavy atom. The Hall–Kier alpha value is -1.91. The number of hydrogen-bond donors (Lipinski definition) is 0. The van der Waals surface area contributed by atoms with E-state index in [-0.39, 0.29) is 23.5 Å². The number of amides is 2. The lowest BCUT2D eigenvalue weighted by Crippen LogP contribution is -2.48. The summed E-state index contributed by atoms with van der Waals surface area (Å²) in [5.74, 6) is 0.187. The minimum Gasteiger partial charge on any atom is -0.342 e. The van der Waals surface area contributed by atoms with Crippen LogP contribution in [0.25, 0.3) is 0 Å². The van der Waals surface area contributed by atoms with Crippen molar-refractivity contribution in [2.45, 2.75) is 32.6 Å². The van der Waals surface area contributed by atoms with Gasteiger partial charge in [-0.25, -0.2) is 4.39 Å². The van der Waals surface area contributed by atoms with Gasteiger partial charge in [0.25, 0.3) is 5.91 Å². The van der Waals surface area contributed by atoms with Crippen molar-refractivity contribution in [1.29, 1.82) is 0 Å². The average Bonchev–Trinajstić information content (AvgIpc) is 2.61. The van der Waals surface area contributed by atoms with Gasteiger partial charge >= 0.3 is 0 Å². The maximum atomic E-state index is 13.0. The van der Waals surface area contributed by atoms with E-state index in [4.69, 9.17) is 0 Å². The van der Waals surface area contributed by atoms with Crippen LogP contribution in [0.1, 0.15) is 43.0 Å². The third-order valence-electron chi connectivity index (χ3n) is 5.12. The fourth-order valence-corrected chi connectivity index (χ4v) is 3.79. The minimum absolute atomic E-state index is 0.103. The molecule has 5 heteroatoms. The number of benzene rings is 1. The summed E-state index contributed by atoms with van der Waals surface area (Å²) in [4.78, 5) is 29.1. The van der Waals surface area contributed by atoms with Crippen LogP contribution in [0.3, 0.4) is 0 Å². The summed E-state index contributed by atoms with van der Waals surface area (Å²) in [5.41, 5.74) is 0.482. The summed E-state index contributed by atoms with van der Waals surface area (Å²) in [6.07, 6.45) is 3.94. The van der Waals surface area contributed by atoms with E-state index in [1.807, 2.05) is 4.90 Å². The molecule has 0 radical (unpaired) electrons. The smallest absolute Gasteiger partial charge is 0.253 e. The van der Waals surface area contributed by atoms with Gasteiger partial charge in [-0.1, -0.05) is 6.92 Å². The highest BCUT2D eigenvalue weighted by atomic mass is 19.1. The lowest BCUT2D eigenvalue weighted by Gasteiger charge is -2.37. The Bertz CT molecular complexity index is 602. The average molecular weight is 332 g/mol. The largest absolute Gasteiger partial charge is 0.342 e. The molecule has 0 spiro atoms. The van der Waals surface area contributed by atoms with Crippen LogP contribution in [-0.2, 0) is 4.79 Å². The molecule has 2 amide bonds. The molecule has 2 heterocycles. The van der Waals surface area contributed by atoms with Crippen LogP contribution in [0.4, 0.5) is 4.39 Å². The highest BCUT2D eigenvalue weighted by Gasteiger charge is 2.32. The Labute approximate surface area is 142 Å². The zero-order valence-corrected chi connectivity index (χ0v) is 14.2. The highest BCUT2D eigenvalue weighted by molar-refractivity contribution is 5.94. The van der Waals surface area contributed by atoms with Gasteiger partial charge in [0.05, 0.1) is 5.92 Å². The molecule has 1 aromatic carbocycles. The number of carbonyl (C=O) groups excluding carboxylic acids is 2. The van der Waals surface area contributed by atoms with Crippen LogP contribution in [0.5, 0.6) is 0 Å². The molecule has 2 aliphatic heterocycles. The molecular weight excluding hydrogens is 307 g/mol. The number of halogens is 1. The molecule has 1 aromatic rings. The first-order valence-corrected chi connectivity index (χ1v) is 8.88. The standard InChI is InChI=1S/C19H25FN2O2/c1-14-4-2-10-21(12-14)19(24)16-5-3-11-22(13-16)18(23)15-6-8-17(20)9-7-15/h6-9,14,16H,2-5,10-13H2,1H3. The second-order valence-corrected chi connectivity index (χ2v) is 7.13. The van der Waals surface area contributed by atoms with Crippen molar-refractivity contribution in [3.05, 3.63) is 35.6 Å². The summed E-state index contributed by atoms with van der Waals surface area (Å²) in [5, 5.41) is 0. The van der Waals surface area contributed by atoms with Gasteiger partial charge in [0.15, 0.2) is 0 Å². The first-order valence-electron chi connectivity index (χ1n) is 8.88. The molecule has 130 valence electrons. The molecule has 2 saturated heterocycles. The molecule has 24 heavy (non-hydrogen) atoms. The zero-order valence-electron chi connectivity index (χ0n) is 14.2. The second-order valence-electron chi connectivity index (χ2n) is 7.13. The molecule has 0 aliphatic carbocycles. The Kier molecular flexibility index (Phi) is 5.17. The number of piperidine rings is 2. The molecule has 0 bridgehead atoms. The van der Waals surface area contributed by atoms with E-state index >= 15 is 0 Å². The maximum Gasteiger partial charge on any atom is 0.253 e. The predicted octanol–water partition coefficient (Wildman–Crippen LogP) is 2.94. The normalized spacial score (nSPS) is 24.8. The molecule has 2 fully saturated rings. The van der Waals surface area contributed by atoms with Gasteiger partial charge < -0.3 is 9.80 Å². The van der Waals surface area contributed by atoms with Crippen LogP contribution >= 0.6 is 0 Å². The molecule has 2 unspecified atom stereocenters. The topological polar surface area (TPSA) is 40.6 Å². The third kappa shape index (κ3) is 3.77. The van der Waals surface area contributed by atoms with Gasteiger partial charge in [-0.15, -0.1) is 0 Å². The Balaban J connectivity index is 1.64. The summed E-state index contributed by atoms with van der Waals surface area (Å²) >= 11 is 0. The first kappa shape index (κ1) is 16.9. The number of hydrogen-bond acceptors (Lipinski definition) is 2. The maximum absolute atomic E-state index is 13.0. The monoisotopic (exact) mass is 332 g/mol. The summed E-state index contributed by atoms with van der Waals surface area (Å²) in [6, 6.07) is 5.62. The SMILES string of the molecule is CC1CCCN(C(=O)C2CCCN(C(=O)c3ccc(F)cc3)C2)C1. The first-order chi connectivity index (χ1) is 11.5. The minimum atomic E-state index is -0.350. The van der Waals surface area contributed by atoms with Crippen molar-refractivity contribution in [1.82, 2.24) is 9.80 Å². The van der Waals surface area contributed by atoms with Crippen molar-refractivity contribution in [2.75, 3.05) is 26.2 Å². The van der Waals surface area contributed by atoms with Crippen LogP contribution in [0.2, 0.25) is 0 Å². The van der Waals surface area contributed by atoms with Crippen LogP contribution < -0.4 is 0 Å². The number of likely N-dealkylation sites (tertiary alicyclic amines) is 2. The van der Waals surface area contributed by atoms with Gasteiger partial charge in [-0.3, -0.25) is 9.59 Å². The second kappa shape index (κ2) is 7.32. The molecule has 4 nitrogen and oxygen atoms in total. The van der Waals surface area contributed by atoms with E-state index in [1.165, 1.54) is 30.7 Å².